The van der Waals surface area contributed by atoms with Gasteiger partial charge in [-0.1, -0.05) is 30.3 Å². The zero-order valence-corrected chi connectivity index (χ0v) is 6.36. The summed E-state index contributed by atoms with van der Waals surface area (Å²) >= 11 is 0. The summed E-state index contributed by atoms with van der Waals surface area (Å²) in [6.45, 7) is 0. The lowest BCUT2D eigenvalue weighted by molar-refractivity contribution is 0.112. The molecule has 1 radical (unpaired) electrons. The Morgan fingerprint density at radius 3 is 2.42 bits per heavy atom. The fourth-order valence-corrected chi connectivity index (χ4v) is 0.894. The maximum Gasteiger partial charge on any atom is 0.225 e. The van der Waals surface area contributed by atoms with Gasteiger partial charge in [-0.15, -0.1) is 0 Å². The van der Waals surface area contributed by atoms with Crippen LogP contribution in [0.2, 0.25) is 0 Å². The molecule has 0 fully saturated rings. The van der Waals surface area contributed by atoms with Crippen molar-refractivity contribution in [3.8, 4) is 0 Å². The van der Waals surface area contributed by atoms with Crippen molar-refractivity contribution in [3.05, 3.63) is 41.5 Å². The Bertz CT molecular complexity index is 313. The molecule has 2 heteroatoms. The van der Waals surface area contributed by atoms with E-state index in [9.17, 15) is 9.59 Å². The van der Waals surface area contributed by atoms with Gasteiger partial charge in [-0.05, 0) is 11.6 Å². The van der Waals surface area contributed by atoms with Crippen molar-refractivity contribution in [1.82, 2.24) is 0 Å². The van der Waals surface area contributed by atoms with Crippen LogP contribution >= 0.6 is 0 Å². The van der Waals surface area contributed by atoms with E-state index in [2.05, 4.69) is 0 Å². The first-order valence-corrected chi connectivity index (χ1v) is 3.47. The fraction of sp³-hybridized carbons (Fsp3) is 0. The van der Waals surface area contributed by atoms with E-state index >= 15 is 0 Å². The number of aldehydes is 1. The van der Waals surface area contributed by atoms with Crippen molar-refractivity contribution in [2.45, 2.75) is 0 Å². The molecular weight excluding hydrogens is 152 g/mol. The van der Waals surface area contributed by atoms with Crippen LogP contribution in [-0.4, -0.2) is 12.6 Å². The zero-order chi connectivity index (χ0) is 8.81. The maximum atomic E-state index is 10.5. The van der Waals surface area contributed by atoms with E-state index in [1.165, 1.54) is 6.08 Å². The summed E-state index contributed by atoms with van der Waals surface area (Å²) in [5, 5.41) is 0. The highest BCUT2D eigenvalue weighted by molar-refractivity contribution is 5.84. The van der Waals surface area contributed by atoms with Crippen molar-refractivity contribution >= 4 is 18.6 Å². The highest BCUT2D eigenvalue weighted by Gasteiger charge is 1.94. The average Bonchev–Trinajstić information content (AvgIpc) is 2.15. The smallest absolute Gasteiger partial charge is 0.225 e. The monoisotopic (exact) mass is 159 g/mol. The minimum atomic E-state index is 0.573. The van der Waals surface area contributed by atoms with Crippen molar-refractivity contribution in [2.24, 2.45) is 0 Å². The Morgan fingerprint density at radius 2 is 1.83 bits per heavy atom. The van der Waals surface area contributed by atoms with Gasteiger partial charge in [0.25, 0.3) is 0 Å². The second kappa shape index (κ2) is 4.23. The number of hydrogen-bond acceptors (Lipinski definition) is 2. The third kappa shape index (κ3) is 1.89. The quantitative estimate of drug-likeness (QED) is 0.496. The van der Waals surface area contributed by atoms with Gasteiger partial charge in [-0.25, -0.2) is 0 Å². The van der Waals surface area contributed by atoms with Gasteiger partial charge in [0.05, 0.1) is 0 Å². The molecule has 1 rings (SSSR count). The van der Waals surface area contributed by atoms with Gasteiger partial charge >= 0.3 is 0 Å². The van der Waals surface area contributed by atoms with Crippen LogP contribution < -0.4 is 0 Å². The van der Waals surface area contributed by atoms with Crippen LogP contribution in [0.4, 0.5) is 0 Å². The summed E-state index contributed by atoms with van der Waals surface area (Å²) in [6.07, 6.45) is 5.17. The van der Waals surface area contributed by atoms with E-state index in [4.69, 9.17) is 0 Å². The molecule has 0 heterocycles. The molecule has 59 valence electrons. The molecule has 0 bridgehead atoms. The number of carbonyl (C=O) groups is 1. The van der Waals surface area contributed by atoms with Crippen molar-refractivity contribution in [2.75, 3.05) is 0 Å². The van der Waals surface area contributed by atoms with Crippen LogP contribution in [0.1, 0.15) is 15.9 Å². The van der Waals surface area contributed by atoms with E-state index in [1.807, 2.05) is 0 Å². The van der Waals surface area contributed by atoms with Crippen LogP contribution in [-0.2, 0) is 4.79 Å². The SMILES string of the molecule is O=[C]/C=C/c1ccccc1C=O. The van der Waals surface area contributed by atoms with E-state index in [-0.39, 0.29) is 0 Å². The molecule has 0 amide bonds. The minimum Gasteiger partial charge on any atom is -0.298 e. The van der Waals surface area contributed by atoms with Crippen LogP contribution in [0.5, 0.6) is 0 Å². The molecule has 2 nitrogen and oxygen atoms in total. The number of carbonyl (C=O) groups excluding carboxylic acids is 2. The molecule has 1 aromatic carbocycles. The van der Waals surface area contributed by atoms with Crippen molar-refractivity contribution in [1.29, 1.82) is 0 Å². The lowest BCUT2D eigenvalue weighted by Gasteiger charge is -1.94. The molecule has 0 atom stereocenters. The molecule has 0 unspecified atom stereocenters. The summed E-state index contributed by atoms with van der Waals surface area (Å²) in [5.41, 5.74) is 1.31. The molecule has 0 aliphatic carbocycles. The summed E-state index contributed by atoms with van der Waals surface area (Å²) in [6, 6.07) is 7.03. The second-order valence-corrected chi connectivity index (χ2v) is 2.20. The predicted molar refractivity (Wildman–Crippen MR) is 46.6 cm³/mol. The highest BCUT2D eigenvalue weighted by atomic mass is 16.1. The van der Waals surface area contributed by atoms with Gasteiger partial charge in [-0.3, -0.25) is 9.59 Å². The van der Waals surface area contributed by atoms with Gasteiger partial charge in [0.2, 0.25) is 6.29 Å². The number of benzene rings is 1. The number of rotatable bonds is 3. The number of allylic oxidation sites excluding steroid dienone is 1. The molecule has 1 aromatic rings. The van der Waals surface area contributed by atoms with E-state index in [0.717, 1.165) is 11.8 Å². The van der Waals surface area contributed by atoms with Gasteiger partial charge in [0.15, 0.2) is 6.29 Å². The lowest BCUT2D eigenvalue weighted by atomic mass is 10.1. The molecule has 0 aliphatic heterocycles. The van der Waals surface area contributed by atoms with E-state index < -0.39 is 0 Å². The lowest BCUT2D eigenvalue weighted by Crippen LogP contribution is -1.83. The third-order valence-corrected chi connectivity index (χ3v) is 1.45. The van der Waals surface area contributed by atoms with Gasteiger partial charge in [-0.2, -0.15) is 0 Å². The van der Waals surface area contributed by atoms with Gasteiger partial charge in [0, 0.05) is 5.56 Å². The Labute approximate surface area is 70.5 Å². The predicted octanol–water partition coefficient (Wildman–Crippen LogP) is 1.62. The molecular formula is C10H7O2. The Morgan fingerprint density at radius 1 is 1.17 bits per heavy atom. The first-order chi connectivity index (χ1) is 5.88. The Balaban J connectivity index is 3.04. The van der Waals surface area contributed by atoms with Crippen molar-refractivity contribution in [3.63, 3.8) is 0 Å². The minimum absolute atomic E-state index is 0.573. The van der Waals surface area contributed by atoms with Gasteiger partial charge < -0.3 is 0 Å². The topological polar surface area (TPSA) is 34.1 Å². The zero-order valence-electron chi connectivity index (χ0n) is 6.36. The Kier molecular flexibility index (Phi) is 2.96. The largest absolute Gasteiger partial charge is 0.298 e. The summed E-state index contributed by atoms with van der Waals surface area (Å²) in [7, 11) is 0. The van der Waals surface area contributed by atoms with Crippen molar-refractivity contribution < 1.29 is 9.59 Å². The van der Waals surface area contributed by atoms with Crippen LogP contribution in [0, 0.1) is 0 Å². The number of hydrogen-bond donors (Lipinski definition) is 0. The molecule has 12 heavy (non-hydrogen) atoms. The van der Waals surface area contributed by atoms with E-state index in [1.54, 1.807) is 36.6 Å². The summed E-state index contributed by atoms with van der Waals surface area (Å²) < 4.78 is 0. The first-order valence-electron chi connectivity index (χ1n) is 3.47. The standard InChI is InChI=1S/C10H7O2/c11-7-3-6-9-4-1-2-5-10(9)8-12/h1-6,8H/b6-3+. The molecule has 0 aromatic heterocycles. The van der Waals surface area contributed by atoms with E-state index in [0.29, 0.717) is 5.56 Å². The first kappa shape index (κ1) is 8.40. The summed E-state index contributed by atoms with van der Waals surface area (Å²) in [5.74, 6) is 0. The molecule has 0 saturated heterocycles. The highest BCUT2D eigenvalue weighted by Crippen LogP contribution is 2.07. The normalized spacial score (nSPS) is 10.0. The van der Waals surface area contributed by atoms with Crippen LogP contribution in [0.15, 0.2) is 30.3 Å². The summed E-state index contributed by atoms with van der Waals surface area (Å²) in [4.78, 5) is 20.3. The molecule has 0 spiro atoms. The van der Waals surface area contributed by atoms with Crippen LogP contribution in [0.25, 0.3) is 6.08 Å². The molecule has 0 N–H and O–H groups in total. The molecule has 0 aliphatic rings. The fourth-order valence-electron chi connectivity index (χ4n) is 0.894. The van der Waals surface area contributed by atoms with Crippen LogP contribution in [0.3, 0.4) is 0 Å². The average molecular weight is 159 g/mol. The van der Waals surface area contributed by atoms with Gasteiger partial charge in [0.1, 0.15) is 0 Å². The Hall–Kier alpha value is -1.70. The third-order valence-electron chi connectivity index (χ3n) is 1.45. The second-order valence-electron chi connectivity index (χ2n) is 2.20. The maximum absolute atomic E-state index is 10.5. The molecule has 0 saturated carbocycles.